The summed E-state index contributed by atoms with van der Waals surface area (Å²) in [6, 6.07) is 7.47. The van der Waals surface area contributed by atoms with Gasteiger partial charge in [-0.05, 0) is 53.9 Å². The maximum Gasteiger partial charge on any atom is 0.138 e. The zero-order chi connectivity index (χ0) is 15.0. The molecule has 0 amide bonds. The van der Waals surface area contributed by atoms with Crippen molar-refractivity contribution in [1.29, 1.82) is 5.26 Å². The molecule has 3 rings (SSSR count). The van der Waals surface area contributed by atoms with Crippen molar-refractivity contribution < 1.29 is 0 Å². The summed E-state index contributed by atoms with van der Waals surface area (Å²) in [6.45, 7) is 1.89. The van der Waals surface area contributed by atoms with Crippen molar-refractivity contribution in [3.63, 3.8) is 0 Å². The SMILES string of the molecule is Cc1c(Cl)nc(C2CC2)nc1Nc1ccc(C#N)cc1Br. The van der Waals surface area contributed by atoms with E-state index in [-0.39, 0.29) is 0 Å². The number of aromatic nitrogens is 2. The maximum absolute atomic E-state index is 8.90. The van der Waals surface area contributed by atoms with Crippen LogP contribution in [0.1, 0.15) is 35.7 Å². The van der Waals surface area contributed by atoms with Gasteiger partial charge in [0.05, 0.1) is 17.3 Å². The molecule has 1 aliphatic carbocycles. The van der Waals surface area contributed by atoms with Crippen molar-refractivity contribution in [1.82, 2.24) is 9.97 Å². The maximum atomic E-state index is 8.90. The number of anilines is 2. The first-order valence-corrected chi connectivity index (χ1v) is 7.76. The third-order valence-electron chi connectivity index (χ3n) is 3.40. The lowest BCUT2D eigenvalue weighted by atomic mass is 10.2. The topological polar surface area (TPSA) is 61.6 Å². The highest BCUT2D eigenvalue weighted by Gasteiger charge is 2.28. The van der Waals surface area contributed by atoms with Crippen LogP contribution in [0.3, 0.4) is 0 Å². The standard InChI is InChI=1S/C15H12BrClN4/c1-8-13(17)20-15(10-3-4-10)21-14(8)19-12-5-2-9(7-18)6-11(12)16/h2,5-6,10H,3-4H2,1H3,(H,19,20,21). The Kier molecular flexibility index (Phi) is 3.83. The highest BCUT2D eigenvalue weighted by molar-refractivity contribution is 9.10. The van der Waals surface area contributed by atoms with Crippen LogP contribution < -0.4 is 5.32 Å². The summed E-state index contributed by atoms with van der Waals surface area (Å²) in [7, 11) is 0. The van der Waals surface area contributed by atoms with E-state index in [9.17, 15) is 0 Å². The van der Waals surface area contributed by atoms with E-state index in [0.717, 1.165) is 34.4 Å². The molecule has 1 heterocycles. The molecule has 2 aromatic rings. The quantitative estimate of drug-likeness (QED) is 0.803. The van der Waals surface area contributed by atoms with Crippen molar-refractivity contribution in [2.45, 2.75) is 25.7 Å². The van der Waals surface area contributed by atoms with Crippen LogP contribution in [0, 0.1) is 18.3 Å². The van der Waals surface area contributed by atoms with Crippen molar-refractivity contribution in [3.05, 3.63) is 44.8 Å². The van der Waals surface area contributed by atoms with Crippen LogP contribution in [0.15, 0.2) is 22.7 Å². The molecule has 1 aromatic carbocycles. The lowest BCUT2D eigenvalue weighted by Crippen LogP contribution is -2.03. The Labute approximate surface area is 136 Å². The minimum absolute atomic E-state index is 0.438. The summed E-state index contributed by atoms with van der Waals surface area (Å²) in [6.07, 6.45) is 2.25. The van der Waals surface area contributed by atoms with Gasteiger partial charge in [-0.2, -0.15) is 5.26 Å². The van der Waals surface area contributed by atoms with Gasteiger partial charge < -0.3 is 5.32 Å². The minimum Gasteiger partial charge on any atom is -0.339 e. The second-order valence-corrected chi connectivity index (χ2v) is 6.26. The van der Waals surface area contributed by atoms with Gasteiger partial charge in [0.1, 0.15) is 16.8 Å². The fourth-order valence-corrected chi connectivity index (χ4v) is 2.62. The van der Waals surface area contributed by atoms with Crippen LogP contribution in [0.5, 0.6) is 0 Å². The first-order valence-electron chi connectivity index (χ1n) is 6.59. The van der Waals surface area contributed by atoms with Gasteiger partial charge in [0, 0.05) is 16.0 Å². The molecule has 21 heavy (non-hydrogen) atoms. The number of nitrogens with zero attached hydrogens (tertiary/aromatic N) is 3. The van der Waals surface area contributed by atoms with Crippen LogP contribution in [0.4, 0.5) is 11.5 Å². The van der Waals surface area contributed by atoms with E-state index in [1.54, 1.807) is 12.1 Å². The van der Waals surface area contributed by atoms with Gasteiger partial charge in [-0.15, -0.1) is 0 Å². The number of nitrogens with one attached hydrogen (secondary N) is 1. The number of nitriles is 1. The van der Waals surface area contributed by atoms with Crippen molar-refractivity contribution in [3.8, 4) is 6.07 Å². The number of benzene rings is 1. The molecule has 106 valence electrons. The smallest absolute Gasteiger partial charge is 0.138 e. The van der Waals surface area contributed by atoms with Crippen molar-refractivity contribution >= 4 is 39.0 Å². The second kappa shape index (κ2) is 5.63. The number of hydrogen-bond acceptors (Lipinski definition) is 4. The summed E-state index contributed by atoms with van der Waals surface area (Å²) in [5.74, 6) is 1.95. The molecule has 0 unspecified atom stereocenters. The van der Waals surface area contributed by atoms with Crippen LogP contribution >= 0.6 is 27.5 Å². The van der Waals surface area contributed by atoms with E-state index in [2.05, 4.69) is 37.3 Å². The van der Waals surface area contributed by atoms with Gasteiger partial charge in [0.25, 0.3) is 0 Å². The number of rotatable bonds is 3. The zero-order valence-electron chi connectivity index (χ0n) is 11.3. The molecule has 1 N–H and O–H groups in total. The van der Waals surface area contributed by atoms with E-state index in [1.165, 1.54) is 0 Å². The molecule has 0 saturated heterocycles. The zero-order valence-corrected chi connectivity index (χ0v) is 13.7. The second-order valence-electron chi connectivity index (χ2n) is 5.05. The molecule has 6 heteroatoms. The number of hydrogen-bond donors (Lipinski definition) is 1. The van der Waals surface area contributed by atoms with Gasteiger partial charge >= 0.3 is 0 Å². The molecule has 0 radical (unpaired) electrons. The largest absolute Gasteiger partial charge is 0.339 e. The fraction of sp³-hybridized carbons (Fsp3) is 0.267. The molecule has 1 aromatic heterocycles. The highest BCUT2D eigenvalue weighted by Crippen LogP contribution is 2.40. The van der Waals surface area contributed by atoms with Gasteiger partial charge in [0.2, 0.25) is 0 Å². The van der Waals surface area contributed by atoms with E-state index >= 15 is 0 Å². The lowest BCUT2D eigenvalue weighted by molar-refractivity contribution is 0.922. The molecular weight excluding hydrogens is 352 g/mol. The van der Waals surface area contributed by atoms with Gasteiger partial charge in [-0.3, -0.25) is 0 Å². The van der Waals surface area contributed by atoms with Crippen LogP contribution in [-0.2, 0) is 0 Å². The fourth-order valence-electron chi connectivity index (χ4n) is 1.96. The average molecular weight is 364 g/mol. The summed E-state index contributed by atoms with van der Waals surface area (Å²) >= 11 is 9.66. The third kappa shape index (κ3) is 3.02. The Bertz CT molecular complexity index is 750. The Morgan fingerprint density at radius 2 is 2.14 bits per heavy atom. The first kappa shape index (κ1) is 14.3. The van der Waals surface area contributed by atoms with Gasteiger partial charge in [-0.1, -0.05) is 11.6 Å². The summed E-state index contributed by atoms with van der Waals surface area (Å²) in [4.78, 5) is 8.93. The molecular formula is C15H12BrClN4. The summed E-state index contributed by atoms with van der Waals surface area (Å²) < 4.78 is 0.809. The number of halogens is 2. The third-order valence-corrected chi connectivity index (χ3v) is 4.42. The van der Waals surface area contributed by atoms with E-state index in [0.29, 0.717) is 22.5 Å². The summed E-state index contributed by atoms with van der Waals surface area (Å²) in [5.41, 5.74) is 2.26. The van der Waals surface area contributed by atoms with Crippen LogP contribution in [0.2, 0.25) is 5.15 Å². The van der Waals surface area contributed by atoms with Crippen molar-refractivity contribution in [2.24, 2.45) is 0 Å². The minimum atomic E-state index is 0.438. The lowest BCUT2D eigenvalue weighted by Gasteiger charge is -2.12. The molecule has 1 saturated carbocycles. The van der Waals surface area contributed by atoms with Gasteiger partial charge in [0.15, 0.2) is 0 Å². The van der Waals surface area contributed by atoms with Crippen LogP contribution in [0.25, 0.3) is 0 Å². The average Bonchev–Trinajstić information content (AvgIpc) is 3.30. The molecule has 0 bridgehead atoms. The summed E-state index contributed by atoms with van der Waals surface area (Å²) in [5, 5.41) is 12.6. The Hall–Kier alpha value is -1.64. The molecule has 1 fully saturated rings. The van der Waals surface area contributed by atoms with Crippen molar-refractivity contribution in [2.75, 3.05) is 5.32 Å². The first-order chi connectivity index (χ1) is 10.1. The molecule has 0 atom stereocenters. The Balaban J connectivity index is 1.96. The molecule has 0 spiro atoms. The van der Waals surface area contributed by atoms with E-state index in [1.807, 2.05) is 13.0 Å². The normalized spacial score (nSPS) is 13.8. The molecule has 0 aliphatic heterocycles. The predicted molar refractivity (Wildman–Crippen MR) is 85.9 cm³/mol. The molecule has 4 nitrogen and oxygen atoms in total. The van der Waals surface area contributed by atoms with Gasteiger partial charge in [-0.25, -0.2) is 9.97 Å². The molecule has 1 aliphatic rings. The highest BCUT2D eigenvalue weighted by atomic mass is 79.9. The Morgan fingerprint density at radius 1 is 1.38 bits per heavy atom. The van der Waals surface area contributed by atoms with Crippen LogP contribution in [-0.4, -0.2) is 9.97 Å². The van der Waals surface area contributed by atoms with E-state index in [4.69, 9.17) is 16.9 Å². The monoisotopic (exact) mass is 362 g/mol. The Morgan fingerprint density at radius 3 is 2.76 bits per heavy atom. The predicted octanol–water partition coefficient (Wildman–Crippen LogP) is 4.69. The van der Waals surface area contributed by atoms with E-state index < -0.39 is 0 Å².